The molecule has 1 aliphatic heterocycles. The molecule has 0 aromatic heterocycles. The van der Waals surface area contributed by atoms with Crippen molar-refractivity contribution in [1.29, 1.82) is 0 Å². The van der Waals surface area contributed by atoms with Crippen LogP contribution in [0.5, 0.6) is 0 Å². The third kappa shape index (κ3) is 1.99. The zero-order valence-electron chi connectivity index (χ0n) is 11.9. The second kappa shape index (κ2) is 5.07. The Balaban J connectivity index is 2.50. The smallest absolute Gasteiger partial charge is 0.276 e. The quantitative estimate of drug-likeness (QED) is 0.860. The molecule has 1 aromatic carbocycles. The molecule has 0 unspecified atom stereocenters. The second-order valence-corrected chi connectivity index (χ2v) is 5.03. The van der Waals surface area contributed by atoms with Crippen molar-refractivity contribution in [2.24, 2.45) is 5.41 Å². The molecule has 5 nitrogen and oxygen atoms in total. The molecular formula is C15H18N2O3. The van der Waals surface area contributed by atoms with Crippen LogP contribution >= 0.6 is 0 Å². The second-order valence-electron chi connectivity index (χ2n) is 5.03. The fourth-order valence-electron chi connectivity index (χ4n) is 2.55. The van der Waals surface area contributed by atoms with Crippen LogP contribution in [-0.4, -0.2) is 17.8 Å². The molecule has 0 aliphatic carbocycles. The van der Waals surface area contributed by atoms with E-state index < -0.39 is 23.3 Å². The van der Waals surface area contributed by atoms with Crippen LogP contribution in [0, 0.1) is 12.3 Å². The van der Waals surface area contributed by atoms with Gasteiger partial charge in [0.05, 0.1) is 5.69 Å². The first-order valence-corrected chi connectivity index (χ1v) is 6.73. The Hall–Kier alpha value is -2.17. The molecule has 1 aliphatic rings. The third-order valence-electron chi connectivity index (χ3n) is 3.94. The summed E-state index contributed by atoms with van der Waals surface area (Å²) in [6, 6.07) is 6.43. The Morgan fingerprint density at radius 3 is 2.35 bits per heavy atom. The lowest BCUT2D eigenvalue weighted by Gasteiger charge is -2.38. The maximum atomic E-state index is 12.7. The molecule has 106 valence electrons. The number of nitrogens with zero attached hydrogens (tertiary/aromatic N) is 1. The standard InChI is InChI=1S/C15H18N2O3/c1-4-15(5-2)12(18)16-14(20)17(13(15)19)11-8-6-7-10(3)9-11/h6-9H,4-5H2,1-3H3,(H,16,18,20). The van der Waals surface area contributed by atoms with Crippen LogP contribution in [0.3, 0.4) is 0 Å². The number of nitrogens with one attached hydrogen (secondary N) is 1. The first-order valence-electron chi connectivity index (χ1n) is 6.73. The Morgan fingerprint density at radius 2 is 1.80 bits per heavy atom. The number of aryl methyl sites for hydroxylation is 1. The van der Waals surface area contributed by atoms with Gasteiger partial charge in [0, 0.05) is 0 Å². The van der Waals surface area contributed by atoms with E-state index in [1.807, 2.05) is 13.0 Å². The number of benzene rings is 1. The Morgan fingerprint density at radius 1 is 1.15 bits per heavy atom. The van der Waals surface area contributed by atoms with E-state index in [-0.39, 0.29) is 0 Å². The van der Waals surface area contributed by atoms with Crippen molar-refractivity contribution in [3.63, 3.8) is 0 Å². The number of amides is 4. The number of carbonyl (C=O) groups is 3. The minimum absolute atomic E-state index is 0.365. The van der Waals surface area contributed by atoms with E-state index in [1.165, 1.54) is 0 Å². The Kier molecular flexibility index (Phi) is 3.61. The SMILES string of the molecule is CCC1(CC)C(=O)NC(=O)N(c2cccc(C)c2)C1=O. The van der Waals surface area contributed by atoms with Crippen molar-refractivity contribution in [3.8, 4) is 0 Å². The van der Waals surface area contributed by atoms with Crippen LogP contribution < -0.4 is 10.2 Å². The number of barbiturate groups is 1. The molecule has 0 atom stereocenters. The molecule has 0 spiro atoms. The highest BCUT2D eigenvalue weighted by atomic mass is 16.2. The van der Waals surface area contributed by atoms with Gasteiger partial charge in [0.15, 0.2) is 0 Å². The minimum Gasteiger partial charge on any atom is -0.276 e. The van der Waals surface area contributed by atoms with Gasteiger partial charge in [0.2, 0.25) is 5.91 Å². The van der Waals surface area contributed by atoms with E-state index >= 15 is 0 Å². The van der Waals surface area contributed by atoms with Crippen LogP contribution in [0.15, 0.2) is 24.3 Å². The summed E-state index contributed by atoms with van der Waals surface area (Å²) in [6.07, 6.45) is 0.730. The Labute approximate surface area is 118 Å². The molecule has 1 N–H and O–H groups in total. The van der Waals surface area contributed by atoms with Crippen molar-refractivity contribution in [2.75, 3.05) is 4.90 Å². The zero-order valence-corrected chi connectivity index (χ0v) is 11.9. The molecule has 4 amide bonds. The molecule has 0 radical (unpaired) electrons. The molecule has 1 aromatic rings. The molecule has 20 heavy (non-hydrogen) atoms. The van der Waals surface area contributed by atoms with Gasteiger partial charge in [-0.15, -0.1) is 0 Å². The topological polar surface area (TPSA) is 66.5 Å². The van der Waals surface area contributed by atoms with Crippen LogP contribution in [0.4, 0.5) is 10.5 Å². The monoisotopic (exact) mass is 274 g/mol. The molecule has 1 fully saturated rings. The average molecular weight is 274 g/mol. The van der Waals surface area contributed by atoms with Crippen LogP contribution in [0.2, 0.25) is 0 Å². The van der Waals surface area contributed by atoms with E-state index in [9.17, 15) is 14.4 Å². The summed E-state index contributed by atoms with van der Waals surface area (Å²) in [7, 11) is 0. The molecule has 1 heterocycles. The van der Waals surface area contributed by atoms with E-state index in [0.29, 0.717) is 18.5 Å². The van der Waals surface area contributed by atoms with Gasteiger partial charge < -0.3 is 0 Å². The average Bonchev–Trinajstić information content (AvgIpc) is 2.40. The predicted molar refractivity (Wildman–Crippen MR) is 75.2 cm³/mol. The first kappa shape index (κ1) is 14.2. The van der Waals surface area contributed by atoms with E-state index in [4.69, 9.17) is 0 Å². The Bertz CT molecular complexity index is 576. The van der Waals surface area contributed by atoms with E-state index in [0.717, 1.165) is 10.5 Å². The molecule has 0 bridgehead atoms. The van der Waals surface area contributed by atoms with Crippen LogP contribution in [0.1, 0.15) is 32.3 Å². The van der Waals surface area contributed by atoms with Gasteiger partial charge in [-0.25, -0.2) is 9.69 Å². The molecule has 1 saturated heterocycles. The number of rotatable bonds is 3. The summed E-state index contributed by atoms with van der Waals surface area (Å²) >= 11 is 0. The maximum absolute atomic E-state index is 12.7. The number of anilines is 1. The molecule has 2 rings (SSSR count). The fraction of sp³-hybridized carbons (Fsp3) is 0.400. The number of carbonyl (C=O) groups excluding carboxylic acids is 3. The highest BCUT2D eigenvalue weighted by Gasteiger charge is 2.51. The van der Waals surface area contributed by atoms with Gasteiger partial charge in [-0.1, -0.05) is 26.0 Å². The minimum atomic E-state index is -1.16. The lowest BCUT2D eigenvalue weighted by molar-refractivity contribution is -0.143. The highest BCUT2D eigenvalue weighted by molar-refractivity contribution is 6.29. The summed E-state index contributed by atoms with van der Waals surface area (Å²) in [5.74, 6) is -0.941. The highest BCUT2D eigenvalue weighted by Crippen LogP contribution is 2.34. The molecule has 5 heteroatoms. The summed E-state index contributed by atoms with van der Waals surface area (Å²) in [5.41, 5.74) is 0.280. The molecule has 0 saturated carbocycles. The predicted octanol–water partition coefficient (Wildman–Crippen LogP) is 2.38. The van der Waals surface area contributed by atoms with Gasteiger partial charge >= 0.3 is 6.03 Å². The number of hydrogen-bond acceptors (Lipinski definition) is 3. The van der Waals surface area contributed by atoms with Gasteiger partial charge in [0.1, 0.15) is 5.41 Å². The van der Waals surface area contributed by atoms with Crippen molar-refractivity contribution < 1.29 is 14.4 Å². The van der Waals surface area contributed by atoms with Gasteiger partial charge in [-0.2, -0.15) is 0 Å². The third-order valence-corrected chi connectivity index (χ3v) is 3.94. The number of urea groups is 1. The van der Waals surface area contributed by atoms with Crippen molar-refractivity contribution in [2.45, 2.75) is 33.6 Å². The van der Waals surface area contributed by atoms with E-state index in [1.54, 1.807) is 32.0 Å². The fourth-order valence-corrected chi connectivity index (χ4v) is 2.55. The lowest BCUT2D eigenvalue weighted by atomic mass is 9.78. The summed E-state index contributed by atoms with van der Waals surface area (Å²) in [4.78, 5) is 37.8. The molecular weight excluding hydrogens is 256 g/mol. The van der Waals surface area contributed by atoms with Crippen LogP contribution in [-0.2, 0) is 9.59 Å². The van der Waals surface area contributed by atoms with Crippen molar-refractivity contribution in [3.05, 3.63) is 29.8 Å². The van der Waals surface area contributed by atoms with Gasteiger partial charge in [-0.05, 0) is 37.5 Å². The summed E-state index contributed by atoms with van der Waals surface area (Å²) in [5, 5.41) is 2.30. The first-order chi connectivity index (χ1) is 9.46. The van der Waals surface area contributed by atoms with Gasteiger partial charge in [-0.3, -0.25) is 14.9 Å². The largest absolute Gasteiger partial charge is 0.335 e. The summed E-state index contributed by atoms with van der Waals surface area (Å²) in [6.45, 7) is 5.45. The normalized spacial score (nSPS) is 18.1. The van der Waals surface area contributed by atoms with E-state index in [2.05, 4.69) is 5.32 Å². The lowest BCUT2D eigenvalue weighted by Crippen LogP contribution is -2.63. The zero-order chi connectivity index (χ0) is 14.9. The number of hydrogen-bond donors (Lipinski definition) is 1. The number of imide groups is 2. The maximum Gasteiger partial charge on any atom is 0.335 e. The van der Waals surface area contributed by atoms with Crippen LogP contribution in [0.25, 0.3) is 0 Å². The van der Waals surface area contributed by atoms with Crippen molar-refractivity contribution >= 4 is 23.5 Å². The van der Waals surface area contributed by atoms with Crippen molar-refractivity contribution in [1.82, 2.24) is 5.32 Å². The van der Waals surface area contributed by atoms with Gasteiger partial charge in [0.25, 0.3) is 5.91 Å². The summed E-state index contributed by atoms with van der Waals surface area (Å²) < 4.78 is 0.